The van der Waals surface area contributed by atoms with Gasteiger partial charge in [-0.2, -0.15) is 0 Å². The summed E-state index contributed by atoms with van der Waals surface area (Å²) >= 11 is 0. The molecule has 5 nitrogen and oxygen atoms in total. The number of hydrogen-bond acceptors (Lipinski definition) is 5. The largest absolute Gasteiger partial charge is 0.391 e. The summed E-state index contributed by atoms with van der Waals surface area (Å²) in [6.07, 6.45) is 1.42. The molecule has 2 N–H and O–H groups in total. The monoisotopic (exact) mass is 319 g/mol. The van der Waals surface area contributed by atoms with Crippen molar-refractivity contribution in [3.63, 3.8) is 0 Å². The first-order valence-electron chi connectivity index (χ1n) is 6.42. The van der Waals surface area contributed by atoms with E-state index in [1.807, 2.05) is 6.92 Å². The number of sulfone groups is 1. The lowest BCUT2D eigenvalue weighted by atomic mass is 10.4. The topological polar surface area (TPSA) is 83.5 Å². The van der Waals surface area contributed by atoms with E-state index in [1.54, 1.807) is 0 Å². The van der Waals surface area contributed by atoms with Crippen LogP contribution in [0.3, 0.4) is 0 Å². The zero-order chi connectivity index (χ0) is 15.2. The Morgan fingerprint density at radius 2 is 1.90 bits per heavy atom. The number of rotatable bonds is 8. The summed E-state index contributed by atoms with van der Waals surface area (Å²) in [5.41, 5.74) is 0. The van der Waals surface area contributed by atoms with Crippen LogP contribution in [0.2, 0.25) is 0 Å². The highest BCUT2D eigenvalue weighted by Crippen LogP contribution is 2.13. The SMILES string of the molecule is CCCNCC(O)CS(=O)c1ccc(S(C)(=O)=O)cc1. The second-order valence-corrected chi connectivity index (χ2v) is 8.13. The molecule has 2 unspecified atom stereocenters. The Bertz CT molecular complexity index is 540. The molecular formula is C13H21NO4S2. The van der Waals surface area contributed by atoms with Crippen molar-refractivity contribution in [3.05, 3.63) is 24.3 Å². The lowest BCUT2D eigenvalue weighted by Gasteiger charge is -2.11. The highest BCUT2D eigenvalue weighted by molar-refractivity contribution is 7.90. The van der Waals surface area contributed by atoms with E-state index in [0.29, 0.717) is 11.4 Å². The summed E-state index contributed by atoms with van der Waals surface area (Å²) < 4.78 is 34.7. The molecule has 0 saturated heterocycles. The first-order chi connectivity index (χ1) is 9.34. The first kappa shape index (κ1) is 17.3. The molecule has 2 atom stereocenters. The summed E-state index contributed by atoms with van der Waals surface area (Å²) in [4.78, 5) is 0.718. The van der Waals surface area contributed by atoms with Crippen molar-refractivity contribution in [2.24, 2.45) is 0 Å². The van der Waals surface area contributed by atoms with Crippen molar-refractivity contribution < 1.29 is 17.7 Å². The van der Waals surface area contributed by atoms with Gasteiger partial charge in [-0.15, -0.1) is 0 Å². The van der Waals surface area contributed by atoms with Crippen LogP contribution < -0.4 is 5.32 Å². The number of aliphatic hydroxyl groups is 1. The van der Waals surface area contributed by atoms with E-state index in [0.717, 1.165) is 19.2 Å². The van der Waals surface area contributed by atoms with Gasteiger partial charge in [-0.05, 0) is 37.2 Å². The van der Waals surface area contributed by atoms with Crippen LogP contribution in [0, 0.1) is 0 Å². The molecular weight excluding hydrogens is 298 g/mol. The van der Waals surface area contributed by atoms with Crippen LogP contribution in [0.1, 0.15) is 13.3 Å². The second-order valence-electron chi connectivity index (χ2n) is 4.61. The highest BCUT2D eigenvalue weighted by Gasteiger charge is 2.12. The molecule has 0 spiro atoms. The minimum Gasteiger partial charge on any atom is -0.391 e. The van der Waals surface area contributed by atoms with Gasteiger partial charge in [0.15, 0.2) is 9.84 Å². The van der Waals surface area contributed by atoms with Crippen molar-refractivity contribution in [3.8, 4) is 0 Å². The molecule has 0 amide bonds. The average Bonchev–Trinajstić information content (AvgIpc) is 2.38. The van der Waals surface area contributed by atoms with Gasteiger partial charge in [0.05, 0.1) is 27.6 Å². The highest BCUT2D eigenvalue weighted by atomic mass is 32.2. The molecule has 0 aliphatic heterocycles. The third kappa shape index (κ3) is 5.70. The van der Waals surface area contributed by atoms with E-state index in [-0.39, 0.29) is 10.6 Å². The molecule has 0 heterocycles. The summed E-state index contributed by atoms with van der Waals surface area (Å²) in [6, 6.07) is 5.92. The third-order valence-electron chi connectivity index (χ3n) is 2.67. The van der Waals surface area contributed by atoms with Gasteiger partial charge in [0.25, 0.3) is 0 Å². The number of hydrogen-bond donors (Lipinski definition) is 2. The number of nitrogens with one attached hydrogen (secondary N) is 1. The van der Waals surface area contributed by atoms with Crippen molar-refractivity contribution in [2.45, 2.75) is 29.2 Å². The minimum atomic E-state index is -3.24. The van der Waals surface area contributed by atoms with Gasteiger partial charge in [0.1, 0.15) is 0 Å². The van der Waals surface area contributed by atoms with Gasteiger partial charge >= 0.3 is 0 Å². The molecule has 1 aromatic rings. The van der Waals surface area contributed by atoms with E-state index in [4.69, 9.17) is 0 Å². The summed E-state index contributed by atoms with van der Waals surface area (Å²) in [5, 5.41) is 12.8. The third-order valence-corrected chi connectivity index (χ3v) is 5.28. The second kappa shape index (κ2) is 7.87. The Labute approximate surface area is 122 Å². The maximum atomic E-state index is 12.0. The Hall–Kier alpha value is -0.760. The van der Waals surface area contributed by atoms with E-state index >= 15 is 0 Å². The molecule has 0 fully saturated rings. The van der Waals surface area contributed by atoms with Crippen LogP contribution in [0.25, 0.3) is 0 Å². The maximum absolute atomic E-state index is 12.0. The Morgan fingerprint density at radius 1 is 1.30 bits per heavy atom. The van der Waals surface area contributed by atoms with Crippen molar-refractivity contribution in [1.82, 2.24) is 5.32 Å². The van der Waals surface area contributed by atoms with Crippen LogP contribution in [0.5, 0.6) is 0 Å². The molecule has 1 rings (SSSR count). The van der Waals surface area contributed by atoms with Gasteiger partial charge in [-0.25, -0.2) is 8.42 Å². The molecule has 0 radical (unpaired) electrons. The lowest BCUT2D eigenvalue weighted by Crippen LogP contribution is -2.31. The van der Waals surface area contributed by atoms with Crippen LogP contribution in [0.4, 0.5) is 0 Å². The normalized spacial score (nSPS) is 14.9. The standard InChI is InChI=1S/C13H21NO4S2/c1-3-8-14-9-11(15)10-19(16)12-4-6-13(7-5-12)20(2,17)18/h4-7,11,14-15H,3,8-10H2,1-2H3. The molecule has 20 heavy (non-hydrogen) atoms. The lowest BCUT2D eigenvalue weighted by molar-refractivity contribution is 0.195. The van der Waals surface area contributed by atoms with Gasteiger partial charge in [-0.1, -0.05) is 6.92 Å². The predicted octanol–water partition coefficient (Wildman–Crippen LogP) is 0.558. The molecule has 0 aliphatic carbocycles. The summed E-state index contributed by atoms with van der Waals surface area (Å²) in [7, 11) is -4.58. The van der Waals surface area contributed by atoms with Crippen LogP contribution in [-0.2, 0) is 20.6 Å². The van der Waals surface area contributed by atoms with Crippen LogP contribution in [-0.4, -0.2) is 48.9 Å². The Morgan fingerprint density at radius 3 is 2.40 bits per heavy atom. The van der Waals surface area contributed by atoms with Crippen molar-refractivity contribution in [1.29, 1.82) is 0 Å². The van der Waals surface area contributed by atoms with Crippen LogP contribution in [0.15, 0.2) is 34.1 Å². The predicted molar refractivity (Wildman–Crippen MR) is 80.0 cm³/mol. The zero-order valence-electron chi connectivity index (χ0n) is 11.7. The van der Waals surface area contributed by atoms with E-state index in [1.165, 1.54) is 24.3 Å². The summed E-state index contributed by atoms with van der Waals surface area (Å²) in [6.45, 7) is 3.24. The first-order valence-corrected chi connectivity index (χ1v) is 9.63. The Kier molecular flexibility index (Phi) is 6.81. The van der Waals surface area contributed by atoms with E-state index < -0.39 is 26.7 Å². The maximum Gasteiger partial charge on any atom is 0.175 e. The number of aliphatic hydroxyl groups excluding tert-OH is 1. The van der Waals surface area contributed by atoms with Gasteiger partial charge < -0.3 is 10.4 Å². The molecule has 0 bridgehead atoms. The van der Waals surface area contributed by atoms with E-state index in [9.17, 15) is 17.7 Å². The van der Waals surface area contributed by atoms with Gasteiger partial charge in [0.2, 0.25) is 0 Å². The van der Waals surface area contributed by atoms with E-state index in [2.05, 4.69) is 5.32 Å². The summed E-state index contributed by atoms with van der Waals surface area (Å²) in [5.74, 6) is 0.134. The molecule has 1 aromatic carbocycles. The average molecular weight is 319 g/mol. The zero-order valence-corrected chi connectivity index (χ0v) is 13.3. The molecule has 0 aromatic heterocycles. The van der Waals surface area contributed by atoms with Gasteiger partial charge in [-0.3, -0.25) is 4.21 Å². The van der Waals surface area contributed by atoms with Crippen molar-refractivity contribution >= 4 is 20.6 Å². The smallest absolute Gasteiger partial charge is 0.175 e. The van der Waals surface area contributed by atoms with Gasteiger partial charge in [0, 0.05) is 17.7 Å². The molecule has 7 heteroatoms. The minimum absolute atomic E-state index is 0.134. The molecule has 114 valence electrons. The quantitative estimate of drug-likeness (QED) is 0.684. The van der Waals surface area contributed by atoms with Crippen molar-refractivity contribution in [2.75, 3.05) is 25.1 Å². The fourth-order valence-corrected chi connectivity index (χ4v) is 3.34. The number of benzene rings is 1. The van der Waals surface area contributed by atoms with Crippen LogP contribution >= 0.6 is 0 Å². The fourth-order valence-electron chi connectivity index (χ4n) is 1.61. The Balaban J connectivity index is 2.60. The molecule has 0 aliphatic rings. The molecule has 0 saturated carbocycles. The fraction of sp³-hybridized carbons (Fsp3) is 0.538.